The highest BCUT2D eigenvalue weighted by atomic mass is 19.1. The lowest BCUT2D eigenvalue weighted by atomic mass is 10.0. The maximum absolute atomic E-state index is 13.5. The molecule has 148 valence electrons. The Hall–Kier alpha value is -3.22. The van der Waals surface area contributed by atoms with Crippen molar-refractivity contribution in [1.82, 2.24) is 5.32 Å². The largest absolute Gasteiger partial charge is 0.454 e. The van der Waals surface area contributed by atoms with E-state index in [-0.39, 0.29) is 23.9 Å². The minimum Gasteiger partial charge on any atom is -0.454 e. The summed E-state index contributed by atoms with van der Waals surface area (Å²) >= 11 is 0. The Labute approximate surface area is 163 Å². The summed E-state index contributed by atoms with van der Waals surface area (Å²) < 4.78 is 18.5. The molecule has 0 radical (unpaired) electrons. The first kappa shape index (κ1) is 21.1. The van der Waals surface area contributed by atoms with E-state index in [0.717, 1.165) is 5.56 Å². The van der Waals surface area contributed by atoms with Crippen molar-refractivity contribution in [3.05, 3.63) is 66.0 Å². The number of anilines is 1. The molecule has 0 bridgehead atoms. The lowest BCUT2D eigenvalue weighted by Gasteiger charge is -2.20. The summed E-state index contributed by atoms with van der Waals surface area (Å²) in [6.07, 6.45) is 0.130. The highest BCUT2D eigenvalue weighted by molar-refractivity contribution is 5.93. The SMILES string of the molecule is CC(C)[C@H](NC(=O)Cc1ccccc1)C(=O)OCC(=O)Nc1ccccc1F. The van der Waals surface area contributed by atoms with Gasteiger partial charge in [-0.3, -0.25) is 9.59 Å². The number of rotatable bonds is 8. The summed E-state index contributed by atoms with van der Waals surface area (Å²) in [5, 5.41) is 4.97. The van der Waals surface area contributed by atoms with Gasteiger partial charge < -0.3 is 15.4 Å². The number of para-hydroxylation sites is 1. The Balaban J connectivity index is 1.87. The maximum atomic E-state index is 13.5. The molecule has 2 amide bonds. The molecule has 6 nitrogen and oxygen atoms in total. The van der Waals surface area contributed by atoms with Gasteiger partial charge in [0.05, 0.1) is 12.1 Å². The zero-order chi connectivity index (χ0) is 20.5. The predicted molar refractivity (Wildman–Crippen MR) is 103 cm³/mol. The van der Waals surface area contributed by atoms with Crippen LogP contribution in [0.1, 0.15) is 19.4 Å². The van der Waals surface area contributed by atoms with Gasteiger partial charge in [-0.2, -0.15) is 0 Å². The van der Waals surface area contributed by atoms with E-state index in [2.05, 4.69) is 10.6 Å². The van der Waals surface area contributed by atoms with Gasteiger partial charge in [0.15, 0.2) is 6.61 Å². The van der Waals surface area contributed by atoms with Crippen LogP contribution < -0.4 is 10.6 Å². The number of carbonyl (C=O) groups is 3. The molecule has 0 spiro atoms. The van der Waals surface area contributed by atoms with E-state index < -0.39 is 30.3 Å². The minimum atomic E-state index is -0.891. The molecule has 2 rings (SSSR count). The van der Waals surface area contributed by atoms with Crippen molar-refractivity contribution in [3.8, 4) is 0 Å². The first-order valence-corrected chi connectivity index (χ1v) is 8.91. The van der Waals surface area contributed by atoms with Gasteiger partial charge in [0.1, 0.15) is 11.9 Å². The van der Waals surface area contributed by atoms with Gasteiger partial charge >= 0.3 is 5.97 Å². The van der Waals surface area contributed by atoms with Gasteiger partial charge in [-0.05, 0) is 23.6 Å². The Morgan fingerprint density at radius 2 is 1.61 bits per heavy atom. The summed E-state index contributed by atoms with van der Waals surface area (Å²) in [5.74, 6) is -2.54. The quantitative estimate of drug-likeness (QED) is 0.683. The molecular formula is C21H23FN2O4. The van der Waals surface area contributed by atoms with E-state index in [4.69, 9.17) is 4.74 Å². The molecule has 2 N–H and O–H groups in total. The third-order valence-electron chi connectivity index (χ3n) is 3.94. The smallest absolute Gasteiger partial charge is 0.329 e. The number of hydrogen-bond acceptors (Lipinski definition) is 4. The van der Waals surface area contributed by atoms with E-state index in [9.17, 15) is 18.8 Å². The van der Waals surface area contributed by atoms with E-state index in [1.807, 2.05) is 30.3 Å². The summed E-state index contributed by atoms with van der Waals surface area (Å²) in [5.41, 5.74) is 0.820. The molecular weight excluding hydrogens is 363 g/mol. The number of hydrogen-bond donors (Lipinski definition) is 2. The Morgan fingerprint density at radius 1 is 0.964 bits per heavy atom. The molecule has 1 atom stereocenters. The molecule has 0 aliphatic rings. The summed E-state index contributed by atoms with van der Waals surface area (Å²) in [6, 6.07) is 13.9. The van der Waals surface area contributed by atoms with E-state index in [1.54, 1.807) is 19.9 Å². The van der Waals surface area contributed by atoms with Gasteiger partial charge in [0.2, 0.25) is 5.91 Å². The van der Waals surface area contributed by atoms with Crippen LogP contribution in [0.5, 0.6) is 0 Å². The van der Waals surface area contributed by atoms with Gasteiger partial charge in [-0.25, -0.2) is 9.18 Å². The second-order valence-corrected chi connectivity index (χ2v) is 6.59. The van der Waals surface area contributed by atoms with Crippen LogP contribution >= 0.6 is 0 Å². The van der Waals surface area contributed by atoms with Crippen molar-refractivity contribution < 1.29 is 23.5 Å². The molecule has 2 aromatic rings. The van der Waals surface area contributed by atoms with Gasteiger partial charge in [-0.1, -0.05) is 56.3 Å². The van der Waals surface area contributed by atoms with Crippen LogP contribution in [0, 0.1) is 11.7 Å². The lowest BCUT2D eigenvalue weighted by molar-refractivity contribution is -0.151. The fraction of sp³-hybridized carbons (Fsp3) is 0.286. The Bertz CT molecular complexity index is 824. The summed E-state index contributed by atoms with van der Waals surface area (Å²) in [7, 11) is 0. The topological polar surface area (TPSA) is 84.5 Å². The van der Waals surface area contributed by atoms with Crippen molar-refractivity contribution in [2.24, 2.45) is 5.92 Å². The Kier molecular flexibility index (Phi) is 7.68. The van der Waals surface area contributed by atoms with Crippen LogP contribution in [-0.2, 0) is 25.5 Å². The number of benzene rings is 2. The first-order valence-electron chi connectivity index (χ1n) is 8.91. The van der Waals surface area contributed by atoms with E-state index in [1.165, 1.54) is 18.2 Å². The second kappa shape index (κ2) is 10.2. The minimum absolute atomic E-state index is 0.000113. The van der Waals surface area contributed by atoms with Crippen LogP contribution in [0.2, 0.25) is 0 Å². The number of esters is 1. The number of nitrogens with one attached hydrogen (secondary N) is 2. The molecule has 0 heterocycles. The highest BCUT2D eigenvalue weighted by Gasteiger charge is 2.26. The third kappa shape index (κ3) is 6.50. The lowest BCUT2D eigenvalue weighted by Crippen LogP contribution is -2.46. The molecule has 0 fully saturated rings. The van der Waals surface area contributed by atoms with Crippen molar-refractivity contribution in [3.63, 3.8) is 0 Å². The van der Waals surface area contributed by atoms with Crippen LogP contribution in [0.3, 0.4) is 0 Å². The van der Waals surface area contributed by atoms with E-state index >= 15 is 0 Å². The second-order valence-electron chi connectivity index (χ2n) is 6.59. The molecule has 0 aliphatic heterocycles. The number of carbonyl (C=O) groups excluding carboxylic acids is 3. The van der Waals surface area contributed by atoms with Crippen LogP contribution in [0.25, 0.3) is 0 Å². The fourth-order valence-electron chi connectivity index (χ4n) is 2.48. The first-order chi connectivity index (χ1) is 13.4. The fourth-order valence-corrected chi connectivity index (χ4v) is 2.48. The summed E-state index contributed by atoms with van der Waals surface area (Å²) in [4.78, 5) is 36.4. The Morgan fingerprint density at radius 3 is 2.25 bits per heavy atom. The third-order valence-corrected chi connectivity index (χ3v) is 3.94. The molecule has 0 saturated carbocycles. The molecule has 0 aliphatic carbocycles. The molecule has 0 unspecified atom stereocenters. The maximum Gasteiger partial charge on any atom is 0.329 e. The van der Waals surface area contributed by atoms with Gasteiger partial charge in [0, 0.05) is 0 Å². The van der Waals surface area contributed by atoms with Crippen molar-refractivity contribution in [2.45, 2.75) is 26.3 Å². The molecule has 0 saturated heterocycles. The van der Waals surface area contributed by atoms with Crippen molar-refractivity contribution in [2.75, 3.05) is 11.9 Å². The average molecular weight is 386 g/mol. The van der Waals surface area contributed by atoms with Crippen LogP contribution in [-0.4, -0.2) is 30.4 Å². The van der Waals surface area contributed by atoms with Crippen LogP contribution in [0.4, 0.5) is 10.1 Å². The highest BCUT2D eigenvalue weighted by Crippen LogP contribution is 2.12. The zero-order valence-electron chi connectivity index (χ0n) is 15.8. The molecule has 0 aromatic heterocycles. The number of ether oxygens (including phenoxy) is 1. The molecule has 2 aromatic carbocycles. The monoisotopic (exact) mass is 386 g/mol. The standard InChI is InChI=1S/C21H23FN2O4/c1-14(2)20(24-18(25)12-15-8-4-3-5-9-15)21(27)28-13-19(26)23-17-11-7-6-10-16(17)22/h3-11,14,20H,12-13H2,1-2H3,(H,23,26)(H,24,25)/t20-/m0/s1. The normalized spacial score (nSPS) is 11.6. The average Bonchev–Trinajstić information content (AvgIpc) is 2.66. The number of halogens is 1. The predicted octanol–water partition coefficient (Wildman–Crippen LogP) is 2.69. The molecule has 7 heteroatoms. The van der Waals surface area contributed by atoms with Gasteiger partial charge in [-0.15, -0.1) is 0 Å². The number of amides is 2. The summed E-state index contributed by atoms with van der Waals surface area (Å²) in [6.45, 7) is 2.94. The van der Waals surface area contributed by atoms with E-state index in [0.29, 0.717) is 0 Å². The van der Waals surface area contributed by atoms with Crippen LogP contribution in [0.15, 0.2) is 54.6 Å². The van der Waals surface area contributed by atoms with Crippen molar-refractivity contribution >= 4 is 23.5 Å². The van der Waals surface area contributed by atoms with Gasteiger partial charge in [0.25, 0.3) is 5.91 Å². The zero-order valence-corrected chi connectivity index (χ0v) is 15.8. The molecule has 28 heavy (non-hydrogen) atoms. The van der Waals surface area contributed by atoms with Crippen molar-refractivity contribution in [1.29, 1.82) is 0 Å².